The molecule has 2 N–H and O–H groups in total. The zero-order chi connectivity index (χ0) is 10.1. The Hall–Kier alpha value is -1.91. The second-order valence-electron chi connectivity index (χ2n) is 3.00. The molecule has 0 aliphatic heterocycles. The van der Waals surface area contributed by atoms with Crippen LogP contribution in [0.5, 0.6) is 0 Å². The van der Waals surface area contributed by atoms with Crippen LogP contribution in [0.25, 0.3) is 11.4 Å². The third-order valence-electron chi connectivity index (χ3n) is 1.97. The molecule has 1 aromatic carbocycles. The Bertz CT molecular complexity index is 464. The number of rotatable bonds is 1. The standard InChI is InChI=1S/C9H9FN4/c1-14-5-12-13-9(14)6-2-3-8(11)7(10)4-6/h2-5H,11H2,1H3. The lowest BCUT2D eigenvalue weighted by Crippen LogP contribution is -1.94. The normalized spacial score (nSPS) is 10.4. The van der Waals surface area contributed by atoms with E-state index in [4.69, 9.17) is 5.73 Å². The summed E-state index contributed by atoms with van der Waals surface area (Å²) >= 11 is 0. The van der Waals surface area contributed by atoms with E-state index in [9.17, 15) is 4.39 Å². The summed E-state index contributed by atoms with van der Waals surface area (Å²) in [6.45, 7) is 0. The van der Waals surface area contributed by atoms with E-state index in [0.29, 0.717) is 11.4 Å². The maximum atomic E-state index is 13.1. The molecule has 2 rings (SSSR count). The summed E-state index contributed by atoms with van der Waals surface area (Å²) in [5.41, 5.74) is 6.16. The van der Waals surface area contributed by atoms with Crippen LogP contribution in [-0.4, -0.2) is 14.8 Å². The molecule has 0 unspecified atom stereocenters. The number of aromatic nitrogens is 3. The summed E-state index contributed by atoms with van der Waals surface area (Å²) in [6, 6.07) is 4.57. The zero-order valence-corrected chi connectivity index (χ0v) is 7.61. The molecule has 4 nitrogen and oxygen atoms in total. The number of nitrogens with zero attached hydrogens (tertiary/aromatic N) is 3. The number of anilines is 1. The van der Waals surface area contributed by atoms with Crippen LogP contribution in [0.1, 0.15) is 0 Å². The molecule has 0 fully saturated rings. The van der Waals surface area contributed by atoms with Crippen molar-refractivity contribution in [1.29, 1.82) is 0 Å². The van der Waals surface area contributed by atoms with E-state index in [1.807, 2.05) is 0 Å². The summed E-state index contributed by atoms with van der Waals surface area (Å²) < 4.78 is 14.8. The van der Waals surface area contributed by atoms with Gasteiger partial charge in [-0.15, -0.1) is 10.2 Å². The highest BCUT2D eigenvalue weighted by atomic mass is 19.1. The predicted molar refractivity (Wildman–Crippen MR) is 50.8 cm³/mol. The lowest BCUT2D eigenvalue weighted by atomic mass is 10.2. The Morgan fingerprint density at radius 1 is 1.43 bits per heavy atom. The summed E-state index contributed by atoms with van der Waals surface area (Å²) in [5, 5.41) is 7.57. The van der Waals surface area contributed by atoms with Gasteiger partial charge in [-0.25, -0.2) is 4.39 Å². The maximum absolute atomic E-state index is 13.1. The Morgan fingerprint density at radius 3 is 2.79 bits per heavy atom. The van der Waals surface area contributed by atoms with Gasteiger partial charge in [0.05, 0.1) is 5.69 Å². The number of nitrogens with two attached hydrogens (primary N) is 1. The van der Waals surface area contributed by atoms with Crippen molar-refractivity contribution in [3.05, 3.63) is 30.3 Å². The molecule has 0 amide bonds. The molecule has 5 heteroatoms. The molecular weight excluding hydrogens is 183 g/mol. The van der Waals surface area contributed by atoms with Crippen molar-refractivity contribution >= 4 is 5.69 Å². The number of halogens is 1. The molecule has 72 valence electrons. The predicted octanol–water partition coefficient (Wildman–Crippen LogP) is 1.20. The van der Waals surface area contributed by atoms with Crippen LogP contribution in [0.3, 0.4) is 0 Å². The minimum Gasteiger partial charge on any atom is -0.396 e. The molecule has 0 atom stereocenters. The first kappa shape index (κ1) is 8.68. The van der Waals surface area contributed by atoms with Crippen LogP contribution in [0.4, 0.5) is 10.1 Å². The van der Waals surface area contributed by atoms with Crippen molar-refractivity contribution in [1.82, 2.24) is 14.8 Å². The average molecular weight is 192 g/mol. The van der Waals surface area contributed by atoms with Crippen molar-refractivity contribution < 1.29 is 4.39 Å². The van der Waals surface area contributed by atoms with Gasteiger partial charge in [0.25, 0.3) is 0 Å². The van der Waals surface area contributed by atoms with E-state index < -0.39 is 5.82 Å². The van der Waals surface area contributed by atoms with Gasteiger partial charge in [0, 0.05) is 12.6 Å². The topological polar surface area (TPSA) is 56.7 Å². The Labute approximate surface area is 80.2 Å². The van der Waals surface area contributed by atoms with E-state index in [2.05, 4.69) is 10.2 Å². The second-order valence-corrected chi connectivity index (χ2v) is 3.00. The molecule has 0 spiro atoms. The highest BCUT2D eigenvalue weighted by molar-refractivity contribution is 5.59. The lowest BCUT2D eigenvalue weighted by molar-refractivity contribution is 0.632. The molecule has 0 aliphatic carbocycles. The number of aryl methyl sites for hydroxylation is 1. The third-order valence-corrected chi connectivity index (χ3v) is 1.97. The summed E-state index contributed by atoms with van der Waals surface area (Å²) in [4.78, 5) is 0. The SMILES string of the molecule is Cn1cnnc1-c1ccc(N)c(F)c1. The van der Waals surface area contributed by atoms with E-state index in [1.165, 1.54) is 12.1 Å². The molecule has 0 saturated heterocycles. The minimum absolute atomic E-state index is 0.135. The van der Waals surface area contributed by atoms with Gasteiger partial charge in [-0.1, -0.05) is 0 Å². The molecule has 0 aliphatic rings. The fraction of sp³-hybridized carbons (Fsp3) is 0.111. The average Bonchev–Trinajstić information content (AvgIpc) is 2.57. The molecule has 0 radical (unpaired) electrons. The smallest absolute Gasteiger partial charge is 0.163 e. The van der Waals surface area contributed by atoms with Crippen LogP contribution in [0, 0.1) is 5.82 Å². The first-order chi connectivity index (χ1) is 6.68. The number of hydrogen-bond acceptors (Lipinski definition) is 3. The fourth-order valence-electron chi connectivity index (χ4n) is 1.21. The van der Waals surface area contributed by atoms with Crippen LogP contribution >= 0.6 is 0 Å². The van der Waals surface area contributed by atoms with E-state index in [1.54, 1.807) is 24.0 Å². The summed E-state index contributed by atoms with van der Waals surface area (Å²) in [7, 11) is 1.80. The van der Waals surface area contributed by atoms with Crippen molar-refractivity contribution in [3.63, 3.8) is 0 Å². The quantitative estimate of drug-likeness (QED) is 0.691. The van der Waals surface area contributed by atoms with Gasteiger partial charge in [-0.3, -0.25) is 0 Å². The Balaban J connectivity index is 2.53. The van der Waals surface area contributed by atoms with Gasteiger partial charge >= 0.3 is 0 Å². The monoisotopic (exact) mass is 192 g/mol. The van der Waals surface area contributed by atoms with Crippen LogP contribution in [0.15, 0.2) is 24.5 Å². The molecular formula is C9H9FN4. The molecule has 1 aromatic heterocycles. The van der Waals surface area contributed by atoms with Crippen molar-refractivity contribution in [2.24, 2.45) is 7.05 Å². The van der Waals surface area contributed by atoms with Crippen LogP contribution in [-0.2, 0) is 7.05 Å². The van der Waals surface area contributed by atoms with Gasteiger partial charge in [0.2, 0.25) is 0 Å². The van der Waals surface area contributed by atoms with Crippen molar-refractivity contribution in [2.45, 2.75) is 0 Å². The van der Waals surface area contributed by atoms with Crippen molar-refractivity contribution in [3.8, 4) is 11.4 Å². The van der Waals surface area contributed by atoms with Crippen LogP contribution < -0.4 is 5.73 Å². The lowest BCUT2D eigenvalue weighted by Gasteiger charge is -2.01. The number of hydrogen-bond donors (Lipinski definition) is 1. The summed E-state index contributed by atoms with van der Waals surface area (Å²) in [6.07, 6.45) is 1.56. The molecule has 0 bridgehead atoms. The van der Waals surface area contributed by atoms with Gasteiger partial charge < -0.3 is 10.3 Å². The number of nitrogen functional groups attached to an aromatic ring is 1. The highest BCUT2D eigenvalue weighted by Gasteiger charge is 2.06. The maximum Gasteiger partial charge on any atom is 0.163 e. The first-order valence-corrected chi connectivity index (χ1v) is 4.08. The number of benzene rings is 1. The van der Waals surface area contributed by atoms with Crippen LogP contribution in [0.2, 0.25) is 0 Å². The largest absolute Gasteiger partial charge is 0.396 e. The van der Waals surface area contributed by atoms with Gasteiger partial charge in [-0.2, -0.15) is 0 Å². The Morgan fingerprint density at radius 2 is 2.21 bits per heavy atom. The fourth-order valence-corrected chi connectivity index (χ4v) is 1.21. The van der Waals surface area contributed by atoms with Crippen molar-refractivity contribution in [2.75, 3.05) is 5.73 Å². The molecule has 0 saturated carbocycles. The van der Waals surface area contributed by atoms with E-state index in [0.717, 1.165) is 0 Å². The van der Waals surface area contributed by atoms with E-state index >= 15 is 0 Å². The Kier molecular flexibility index (Phi) is 1.92. The molecule has 14 heavy (non-hydrogen) atoms. The summed E-state index contributed by atoms with van der Waals surface area (Å²) in [5.74, 6) is 0.175. The molecule has 2 aromatic rings. The second kappa shape index (κ2) is 3.10. The first-order valence-electron chi connectivity index (χ1n) is 4.08. The van der Waals surface area contributed by atoms with Gasteiger partial charge in [0.1, 0.15) is 12.1 Å². The molecule has 1 heterocycles. The zero-order valence-electron chi connectivity index (χ0n) is 7.61. The third kappa shape index (κ3) is 1.32. The van der Waals surface area contributed by atoms with E-state index in [-0.39, 0.29) is 5.69 Å². The minimum atomic E-state index is -0.439. The van der Waals surface area contributed by atoms with Gasteiger partial charge in [0.15, 0.2) is 5.82 Å². The highest BCUT2D eigenvalue weighted by Crippen LogP contribution is 2.20. The van der Waals surface area contributed by atoms with Gasteiger partial charge in [-0.05, 0) is 18.2 Å².